The number of likely N-dealkylation sites (tertiary alicyclic amines) is 1. The molecule has 2 fully saturated rings. The molecule has 2 heterocycles. The number of methoxy groups -OCH3 is 1. The van der Waals surface area contributed by atoms with Crippen LogP contribution in [0.3, 0.4) is 0 Å². The molecular formula is C29H30FN3O3. The predicted molar refractivity (Wildman–Crippen MR) is 135 cm³/mol. The number of benzene rings is 3. The van der Waals surface area contributed by atoms with Crippen LogP contribution in [-0.2, 0) is 17.8 Å². The summed E-state index contributed by atoms with van der Waals surface area (Å²) in [5, 5.41) is 3.65. The van der Waals surface area contributed by atoms with E-state index in [9.17, 15) is 14.0 Å². The normalized spacial score (nSPS) is 19.1. The average Bonchev–Trinajstić information content (AvgIpc) is 3.15. The van der Waals surface area contributed by atoms with Gasteiger partial charge in [0.25, 0.3) is 5.91 Å². The first-order chi connectivity index (χ1) is 17.5. The summed E-state index contributed by atoms with van der Waals surface area (Å²) in [5.41, 5.74) is 2.03. The summed E-state index contributed by atoms with van der Waals surface area (Å²) in [6.45, 7) is 1.45. The molecule has 3 aromatic carbocycles. The Morgan fingerprint density at radius 1 is 0.972 bits per heavy atom. The molecule has 3 aromatic rings. The van der Waals surface area contributed by atoms with Crippen molar-refractivity contribution in [2.45, 2.75) is 37.5 Å². The molecule has 1 spiro atoms. The fourth-order valence-corrected chi connectivity index (χ4v) is 5.26. The van der Waals surface area contributed by atoms with Crippen LogP contribution in [0, 0.1) is 5.82 Å². The van der Waals surface area contributed by atoms with Gasteiger partial charge in [-0.2, -0.15) is 0 Å². The van der Waals surface area contributed by atoms with Gasteiger partial charge in [-0.1, -0.05) is 42.5 Å². The zero-order valence-corrected chi connectivity index (χ0v) is 20.3. The predicted octanol–water partition coefficient (Wildman–Crippen LogP) is 4.01. The van der Waals surface area contributed by atoms with E-state index in [-0.39, 0.29) is 23.7 Å². The Bertz CT molecular complexity index is 1210. The van der Waals surface area contributed by atoms with Gasteiger partial charge in [-0.25, -0.2) is 4.39 Å². The number of hydrogen-bond donors (Lipinski definition) is 1. The Labute approximate surface area is 210 Å². The molecule has 186 valence electrons. The zero-order valence-electron chi connectivity index (χ0n) is 20.3. The van der Waals surface area contributed by atoms with Crippen molar-refractivity contribution in [3.8, 4) is 5.75 Å². The van der Waals surface area contributed by atoms with Crippen LogP contribution >= 0.6 is 0 Å². The maximum absolute atomic E-state index is 13.6. The Hall–Kier alpha value is -3.71. The van der Waals surface area contributed by atoms with Crippen molar-refractivity contribution in [3.63, 3.8) is 0 Å². The molecule has 2 amide bonds. The van der Waals surface area contributed by atoms with E-state index in [2.05, 4.69) is 5.32 Å². The number of rotatable bonds is 6. The highest BCUT2D eigenvalue weighted by molar-refractivity contribution is 5.94. The average molecular weight is 488 g/mol. The summed E-state index contributed by atoms with van der Waals surface area (Å²) in [6.07, 6.45) is 1.83. The van der Waals surface area contributed by atoms with Gasteiger partial charge in [-0.05, 0) is 53.9 Å². The quantitative estimate of drug-likeness (QED) is 0.571. The number of nitrogens with one attached hydrogen (secondary N) is 1. The molecule has 7 heteroatoms. The molecule has 0 aromatic heterocycles. The molecule has 36 heavy (non-hydrogen) atoms. The first kappa shape index (κ1) is 24.0. The molecule has 0 unspecified atom stereocenters. The highest BCUT2D eigenvalue weighted by Gasteiger charge is 2.51. The molecule has 5 rings (SSSR count). The van der Waals surface area contributed by atoms with Crippen molar-refractivity contribution in [2.75, 3.05) is 20.2 Å². The molecule has 2 aliphatic rings. The Morgan fingerprint density at radius 3 is 2.28 bits per heavy atom. The van der Waals surface area contributed by atoms with E-state index < -0.39 is 5.66 Å². The molecule has 0 radical (unpaired) electrons. The van der Waals surface area contributed by atoms with Crippen molar-refractivity contribution in [1.29, 1.82) is 0 Å². The Balaban J connectivity index is 1.35. The minimum absolute atomic E-state index is 0.0252. The number of halogens is 1. The van der Waals surface area contributed by atoms with Gasteiger partial charge in [0.1, 0.15) is 11.6 Å². The lowest BCUT2D eigenvalue weighted by Gasteiger charge is -2.44. The van der Waals surface area contributed by atoms with E-state index in [1.807, 2.05) is 40.1 Å². The maximum atomic E-state index is 13.6. The minimum Gasteiger partial charge on any atom is -0.497 e. The van der Waals surface area contributed by atoms with Crippen LogP contribution in [0.2, 0.25) is 0 Å². The Kier molecular flexibility index (Phi) is 6.74. The van der Waals surface area contributed by atoms with Crippen LogP contribution in [0.1, 0.15) is 34.3 Å². The molecule has 0 saturated carbocycles. The largest absolute Gasteiger partial charge is 0.497 e. The maximum Gasteiger partial charge on any atom is 0.253 e. The van der Waals surface area contributed by atoms with Crippen LogP contribution in [-0.4, -0.2) is 53.5 Å². The summed E-state index contributed by atoms with van der Waals surface area (Å²) in [7, 11) is 1.60. The van der Waals surface area contributed by atoms with Crippen LogP contribution in [0.4, 0.5) is 4.39 Å². The van der Waals surface area contributed by atoms with E-state index in [1.165, 1.54) is 12.1 Å². The van der Waals surface area contributed by atoms with Gasteiger partial charge in [0.2, 0.25) is 5.91 Å². The topological polar surface area (TPSA) is 61.9 Å². The van der Waals surface area contributed by atoms with Gasteiger partial charge in [0.05, 0.1) is 18.8 Å². The molecule has 2 saturated heterocycles. The SMILES string of the molecule is COc1ccc(C(=O)N2CCC3(CC2)N[C@@H](Cc2ccccc2)C(=O)N3Cc2ccc(F)cc2)cc1. The number of hydrogen-bond acceptors (Lipinski definition) is 4. The van der Waals surface area contributed by atoms with E-state index in [4.69, 9.17) is 4.74 Å². The summed E-state index contributed by atoms with van der Waals surface area (Å²) in [6, 6.07) is 23.0. The summed E-state index contributed by atoms with van der Waals surface area (Å²) in [4.78, 5) is 30.5. The monoisotopic (exact) mass is 487 g/mol. The van der Waals surface area contributed by atoms with Crippen molar-refractivity contribution < 1.29 is 18.7 Å². The minimum atomic E-state index is -0.554. The van der Waals surface area contributed by atoms with E-state index >= 15 is 0 Å². The third-order valence-corrected chi connectivity index (χ3v) is 7.28. The number of ether oxygens (including phenoxy) is 1. The third-order valence-electron chi connectivity index (χ3n) is 7.28. The lowest BCUT2D eigenvalue weighted by molar-refractivity contribution is -0.134. The van der Waals surface area contributed by atoms with E-state index in [1.54, 1.807) is 43.5 Å². The fraction of sp³-hybridized carbons (Fsp3) is 0.310. The Morgan fingerprint density at radius 2 is 1.64 bits per heavy atom. The second-order valence-electron chi connectivity index (χ2n) is 9.49. The van der Waals surface area contributed by atoms with Crippen molar-refractivity contribution in [3.05, 3.63) is 101 Å². The van der Waals surface area contributed by atoms with Crippen LogP contribution < -0.4 is 10.1 Å². The highest BCUT2D eigenvalue weighted by atomic mass is 19.1. The highest BCUT2D eigenvalue weighted by Crippen LogP contribution is 2.35. The summed E-state index contributed by atoms with van der Waals surface area (Å²) >= 11 is 0. The molecule has 0 aliphatic carbocycles. The number of carbonyl (C=O) groups excluding carboxylic acids is 2. The number of piperidine rings is 1. The first-order valence-electron chi connectivity index (χ1n) is 12.3. The van der Waals surface area contributed by atoms with Gasteiger partial charge in [0, 0.05) is 38.0 Å². The molecular weight excluding hydrogens is 457 g/mol. The number of amides is 2. The third kappa shape index (κ3) is 4.84. The molecule has 1 atom stereocenters. The van der Waals surface area contributed by atoms with Crippen molar-refractivity contribution >= 4 is 11.8 Å². The van der Waals surface area contributed by atoms with Crippen LogP contribution in [0.5, 0.6) is 5.75 Å². The van der Waals surface area contributed by atoms with Gasteiger partial charge in [-0.3, -0.25) is 14.9 Å². The van der Waals surface area contributed by atoms with Gasteiger partial charge >= 0.3 is 0 Å². The molecule has 2 aliphatic heterocycles. The molecule has 0 bridgehead atoms. The van der Waals surface area contributed by atoms with Gasteiger partial charge in [-0.15, -0.1) is 0 Å². The first-order valence-corrected chi connectivity index (χ1v) is 12.3. The van der Waals surface area contributed by atoms with E-state index in [0.717, 1.165) is 11.1 Å². The van der Waals surface area contributed by atoms with Gasteiger partial charge < -0.3 is 14.5 Å². The summed E-state index contributed by atoms with van der Waals surface area (Å²) < 4.78 is 18.7. The number of nitrogens with zero attached hydrogens (tertiary/aromatic N) is 2. The van der Waals surface area contributed by atoms with Gasteiger partial charge in [0.15, 0.2) is 0 Å². The van der Waals surface area contributed by atoms with Crippen molar-refractivity contribution in [1.82, 2.24) is 15.1 Å². The second kappa shape index (κ2) is 10.1. The second-order valence-corrected chi connectivity index (χ2v) is 9.49. The van der Waals surface area contributed by atoms with Crippen LogP contribution in [0.25, 0.3) is 0 Å². The van der Waals surface area contributed by atoms with Crippen molar-refractivity contribution in [2.24, 2.45) is 0 Å². The number of carbonyl (C=O) groups is 2. The smallest absolute Gasteiger partial charge is 0.253 e. The summed E-state index contributed by atoms with van der Waals surface area (Å²) in [5.74, 6) is 0.422. The molecule has 1 N–H and O–H groups in total. The standard InChI is InChI=1S/C29H30FN3O3/c1-36-25-13-9-23(10-14-25)27(34)32-17-15-29(16-18-32)31-26(19-21-5-3-2-4-6-21)28(35)33(29)20-22-7-11-24(30)12-8-22/h2-14,26,31H,15-20H2,1H3/t26-/m0/s1. The van der Waals surface area contributed by atoms with Crippen LogP contribution in [0.15, 0.2) is 78.9 Å². The lowest BCUT2D eigenvalue weighted by Crippen LogP contribution is -2.59. The fourth-order valence-electron chi connectivity index (χ4n) is 5.26. The lowest BCUT2D eigenvalue weighted by atomic mass is 9.94. The van der Waals surface area contributed by atoms with E-state index in [0.29, 0.717) is 50.2 Å². The molecule has 6 nitrogen and oxygen atoms in total. The zero-order chi connectivity index (χ0) is 25.1.